The quantitative estimate of drug-likeness (QED) is 0.796. The molecule has 0 bridgehead atoms. The number of sulfone groups is 1. The second-order valence-corrected chi connectivity index (χ2v) is 8.03. The summed E-state index contributed by atoms with van der Waals surface area (Å²) in [6, 6.07) is 0.329. The molecule has 4 nitrogen and oxygen atoms in total. The number of nitrogens with two attached hydrogens (primary N) is 1. The lowest BCUT2D eigenvalue weighted by atomic mass is 9.92. The van der Waals surface area contributed by atoms with E-state index in [4.69, 9.17) is 5.73 Å². The maximum absolute atomic E-state index is 12.1. The van der Waals surface area contributed by atoms with Gasteiger partial charge in [0.2, 0.25) is 0 Å². The summed E-state index contributed by atoms with van der Waals surface area (Å²) in [4.78, 5) is 2.33. The third-order valence-corrected chi connectivity index (χ3v) is 5.91. The molecule has 0 aromatic rings. The molecular formula is C13H28N2O2S. The van der Waals surface area contributed by atoms with E-state index in [1.165, 1.54) is 6.26 Å². The third-order valence-electron chi connectivity index (χ3n) is 4.21. The molecular weight excluding hydrogens is 248 g/mol. The van der Waals surface area contributed by atoms with Gasteiger partial charge >= 0.3 is 0 Å². The van der Waals surface area contributed by atoms with Crippen LogP contribution in [0.5, 0.6) is 0 Å². The Balaban J connectivity index is 3.16. The predicted molar refractivity (Wildman–Crippen MR) is 76.4 cm³/mol. The molecule has 5 heteroatoms. The molecule has 0 heterocycles. The van der Waals surface area contributed by atoms with Crippen LogP contribution < -0.4 is 5.73 Å². The fourth-order valence-electron chi connectivity index (χ4n) is 3.55. The maximum Gasteiger partial charge on any atom is 0.152 e. The molecule has 0 aliphatic heterocycles. The van der Waals surface area contributed by atoms with Crippen molar-refractivity contribution in [2.75, 3.05) is 19.3 Å². The van der Waals surface area contributed by atoms with Gasteiger partial charge in [-0.05, 0) is 39.7 Å². The maximum atomic E-state index is 12.1. The van der Waals surface area contributed by atoms with Crippen molar-refractivity contribution in [3.05, 3.63) is 0 Å². The zero-order chi connectivity index (χ0) is 14.0. The molecule has 108 valence electrons. The minimum Gasteiger partial charge on any atom is -0.329 e. The Kier molecular flexibility index (Phi) is 5.21. The molecule has 1 aliphatic carbocycles. The van der Waals surface area contributed by atoms with Crippen LogP contribution in [0, 0.1) is 0 Å². The van der Waals surface area contributed by atoms with Gasteiger partial charge in [-0.1, -0.05) is 13.3 Å². The van der Waals surface area contributed by atoms with E-state index < -0.39 is 9.84 Å². The van der Waals surface area contributed by atoms with Crippen LogP contribution in [0.25, 0.3) is 0 Å². The van der Waals surface area contributed by atoms with E-state index >= 15 is 0 Å². The highest BCUT2D eigenvalue weighted by Crippen LogP contribution is 2.40. The van der Waals surface area contributed by atoms with Gasteiger partial charge in [-0.2, -0.15) is 0 Å². The first-order chi connectivity index (χ1) is 8.29. The number of hydrogen-bond donors (Lipinski definition) is 1. The first-order valence-electron chi connectivity index (χ1n) is 6.95. The largest absolute Gasteiger partial charge is 0.329 e. The highest BCUT2D eigenvalue weighted by atomic mass is 32.2. The zero-order valence-corrected chi connectivity index (χ0v) is 13.0. The van der Waals surface area contributed by atoms with Crippen LogP contribution in [0.15, 0.2) is 0 Å². The van der Waals surface area contributed by atoms with Gasteiger partial charge in [-0.15, -0.1) is 0 Å². The van der Waals surface area contributed by atoms with Crippen molar-refractivity contribution in [1.82, 2.24) is 4.90 Å². The van der Waals surface area contributed by atoms with E-state index in [0.29, 0.717) is 12.6 Å². The van der Waals surface area contributed by atoms with Crippen molar-refractivity contribution in [2.45, 2.75) is 63.3 Å². The Labute approximate surface area is 112 Å². The average molecular weight is 276 g/mol. The summed E-state index contributed by atoms with van der Waals surface area (Å²) in [7, 11) is -3.04. The lowest BCUT2D eigenvalue weighted by molar-refractivity contribution is 0.0684. The molecule has 2 N–H and O–H groups in total. The highest BCUT2D eigenvalue weighted by Gasteiger charge is 2.51. The van der Waals surface area contributed by atoms with Crippen molar-refractivity contribution in [1.29, 1.82) is 0 Å². The second-order valence-electron chi connectivity index (χ2n) is 5.81. The molecule has 0 aromatic carbocycles. The minimum atomic E-state index is -3.04. The molecule has 2 unspecified atom stereocenters. The summed E-state index contributed by atoms with van der Waals surface area (Å²) in [6.07, 6.45) is 5.00. The van der Waals surface area contributed by atoms with Gasteiger partial charge in [0.15, 0.2) is 9.84 Å². The summed E-state index contributed by atoms with van der Waals surface area (Å²) in [5.74, 6) is 0. The third kappa shape index (κ3) is 2.89. The van der Waals surface area contributed by atoms with Crippen LogP contribution in [0.2, 0.25) is 0 Å². The Morgan fingerprint density at radius 1 is 1.44 bits per heavy atom. The molecule has 2 atom stereocenters. The Morgan fingerprint density at radius 2 is 2.06 bits per heavy atom. The van der Waals surface area contributed by atoms with Crippen LogP contribution >= 0.6 is 0 Å². The van der Waals surface area contributed by atoms with Gasteiger partial charge < -0.3 is 5.73 Å². The van der Waals surface area contributed by atoms with Gasteiger partial charge in [0, 0.05) is 18.8 Å². The van der Waals surface area contributed by atoms with Crippen LogP contribution in [0.3, 0.4) is 0 Å². The average Bonchev–Trinajstić information content (AvgIpc) is 2.69. The summed E-state index contributed by atoms with van der Waals surface area (Å²) >= 11 is 0. The van der Waals surface area contributed by atoms with Crippen LogP contribution in [0.1, 0.15) is 46.5 Å². The van der Waals surface area contributed by atoms with Gasteiger partial charge in [-0.25, -0.2) is 8.42 Å². The van der Waals surface area contributed by atoms with E-state index in [2.05, 4.69) is 25.7 Å². The van der Waals surface area contributed by atoms with Crippen molar-refractivity contribution in [2.24, 2.45) is 5.73 Å². The molecule has 0 spiro atoms. The van der Waals surface area contributed by atoms with E-state index in [1.807, 2.05) is 0 Å². The predicted octanol–water partition coefficient (Wildman–Crippen LogP) is 1.40. The minimum absolute atomic E-state index is 0.302. The Hall–Kier alpha value is -0.130. The van der Waals surface area contributed by atoms with E-state index in [-0.39, 0.29) is 10.8 Å². The fraction of sp³-hybridized carbons (Fsp3) is 1.00. The molecule has 0 aromatic heterocycles. The topological polar surface area (TPSA) is 63.4 Å². The fourth-order valence-corrected chi connectivity index (χ4v) is 5.29. The molecule has 18 heavy (non-hydrogen) atoms. The smallest absolute Gasteiger partial charge is 0.152 e. The van der Waals surface area contributed by atoms with E-state index in [9.17, 15) is 8.42 Å². The normalized spacial score (nSPS) is 29.4. The van der Waals surface area contributed by atoms with Crippen LogP contribution in [-0.4, -0.2) is 49.5 Å². The lowest BCUT2D eigenvalue weighted by Crippen LogP contribution is -2.62. The van der Waals surface area contributed by atoms with Crippen molar-refractivity contribution in [3.8, 4) is 0 Å². The summed E-state index contributed by atoms with van der Waals surface area (Å²) < 4.78 is 24.1. The molecule has 1 rings (SSSR count). The first kappa shape index (κ1) is 15.9. The van der Waals surface area contributed by atoms with Gasteiger partial charge in [0.1, 0.15) is 0 Å². The lowest BCUT2D eigenvalue weighted by Gasteiger charge is -2.46. The summed E-state index contributed by atoms with van der Waals surface area (Å²) in [6.45, 7) is 7.74. The summed E-state index contributed by atoms with van der Waals surface area (Å²) in [5, 5.41) is -0.302. The number of hydrogen-bond acceptors (Lipinski definition) is 4. The highest BCUT2D eigenvalue weighted by molar-refractivity contribution is 7.91. The second kappa shape index (κ2) is 5.88. The number of rotatable bonds is 6. The first-order valence-corrected chi connectivity index (χ1v) is 8.90. The molecule has 0 radical (unpaired) electrons. The van der Waals surface area contributed by atoms with Crippen molar-refractivity contribution in [3.63, 3.8) is 0 Å². The van der Waals surface area contributed by atoms with Gasteiger partial charge in [0.05, 0.1) is 10.8 Å². The Bertz CT molecular complexity index is 367. The van der Waals surface area contributed by atoms with E-state index in [0.717, 1.165) is 32.2 Å². The Morgan fingerprint density at radius 3 is 2.44 bits per heavy atom. The van der Waals surface area contributed by atoms with Gasteiger partial charge in [0.25, 0.3) is 0 Å². The van der Waals surface area contributed by atoms with Gasteiger partial charge in [-0.3, -0.25) is 4.90 Å². The van der Waals surface area contributed by atoms with Crippen molar-refractivity contribution >= 4 is 9.84 Å². The van der Waals surface area contributed by atoms with Crippen LogP contribution in [0.4, 0.5) is 0 Å². The SMILES string of the molecule is CCCN(C(C)C)C1(CN)CCCC1S(C)(=O)=O. The van der Waals surface area contributed by atoms with Crippen LogP contribution in [-0.2, 0) is 9.84 Å². The molecule has 0 saturated heterocycles. The number of nitrogens with zero attached hydrogens (tertiary/aromatic N) is 1. The van der Waals surface area contributed by atoms with E-state index in [1.54, 1.807) is 0 Å². The molecule has 1 fully saturated rings. The van der Waals surface area contributed by atoms with Crippen molar-refractivity contribution < 1.29 is 8.42 Å². The zero-order valence-electron chi connectivity index (χ0n) is 12.1. The molecule has 1 saturated carbocycles. The molecule has 1 aliphatic rings. The summed E-state index contributed by atoms with van der Waals surface area (Å²) in [5.41, 5.74) is 5.67. The monoisotopic (exact) mass is 276 g/mol. The molecule has 0 amide bonds. The standard InChI is InChI=1S/C13H28N2O2S/c1-5-9-15(11(2)3)13(10-14)8-6-7-12(13)18(4,16)17/h11-12H,5-10,14H2,1-4H3.